The van der Waals surface area contributed by atoms with E-state index in [0.717, 1.165) is 4.88 Å². The standard InChI is InChI=1S/C13H9NO3S/c15-13(8-7-10-4-3-9-18-10)11-5-1-2-6-12(11)14(16)17/h1-9H/b8-7+. The molecule has 1 heterocycles. The van der Waals surface area contributed by atoms with E-state index in [0.29, 0.717) is 0 Å². The van der Waals surface area contributed by atoms with Crippen molar-refractivity contribution < 1.29 is 9.72 Å². The van der Waals surface area contributed by atoms with Gasteiger partial charge in [0.25, 0.3) is 5.69 Å². The van der Waals surface area contributed by atoms with Crippen LogP contribution in [0, 0.1) is 10.1 Å². The van der Waals surface area contributed by atoms with Gasteiger partial charge in [0.1, 0.15) is 0 Å². The number of thiophene rings is 1. The van der Waals surface area contributed by atoms with E-state index in [1.54, 1.807) is 12.1 Å². The van der Waals surface area contributed by atoms with Gasteiger partial charge in [0.2, 0.25) is 0 Å². The molecular weight excluding hydrogens is 250 g/mol. The highest BCUT2D eigenvalue weighted by Gasteiger charge is 2.16. The monoisotopic (exact) mass is 259 g/mol. The number of benzene rings is 1. The number of hydrogen-bond acceptors (Lipinski definition) is 4. The van der Waals surface area contributed by atoms with Crippen LogP contribution in [0.25, 0.3) is 6.08 Å². The van der Waals surface area contributed by atoms with Crippen molar-refractivity contribution in [2.24, 2.45) is 0 Å². The van der Waals surface area contributed by atoms with Crippen molar-refractivity contribution in [3.8, 4) is 0 Å². The highest BCUT2D eigenvalue weighted by molar-refractivity contribution is 7.10. The summed E-state index contributed by atoms with van der Waals surface area (Å²) in [6.07, 6.45) is 3.01. The van der Waals surface area contributed by atoms with Crippen LogP contribution in [-0.4, -0.2) is 10.7 Å². The maximum absolute atomic E-state index is 11.9. The first-order valence-corrected chi connectivity index (χ1v) is 6.06. The average Bonchev–Trinajstić information content (AvgIpc) is 2.89. The first-order valence-electron chi connectivity index (χ1n) is 5.18. The van der Waals surface area contributed by atoms with Crippen molar-refractivity contribution in [1.29, 1.82) is 0 Å². The zero-order valence-electron chi connectivity index (χ0n) is 9.28. The molecule has 1 aromatic carbocycles. The summed E-state index contributed by atoms with van der Waals surface area (Å²) in [5, 5.41) is 12.7. The van der Waals surface area contributed by atoms with E-state index in [-0.39, 0.29) is 17.0 Å². The van der Waals surface area contributed by atoms with E-state index < -0.39 is 4.92 Å². The van der Waals surface area contributed by atoms with Gasteiger partial charge in [0.05, 0.1) is 10.5 Å². The topological polar surface area (TPSA) is 60.2 Å². The molecule has 5 heteroatoms. The lowest BCUT2D eigenvalue weighted by Gasteiger charge is -1.97. The lowest BCUT2D eigenvalue weighted by Crippen LogP contribution is -2.00. The minimum absolute atomic E-state index is 0.107. The third-order valence-electron chi connectivity index (χ3n) is 2.31. The number of nitrogens with zero attached hydrogens (tertiary/aromatic N) is 1. The van der Waals surface area contributed by atoms with Crippen LogP contribution >= 0.6 is 11.3 Å². The van der Waals surface area contributed by atoms with E-state index in [1.807, 2.05) is 17.5 Å². The molecule has 0 radical (unpaired) electrons. The maximum atomic E-state index is 11.9. The molecule has 90 valence electrons. The minimum atomic E-state index is -0.549. The van der Waals surface area contributed by atoms with Crippen molar-refractivity contribution in [3.63, 3.8) is 0 Å². The second kappa shape index (κ2) is 5.37. The van der Waals surface area contributed by atoms with Crippen LogP contribution in [0.4, 0.5) is 5.69 Å². The van der Waals surface area contributed by atoms with Crippen LogP contribution in [0.15, 0.2) is 47.9 Å². The number of carbonyl (C=O) groups is 1. The SMILES string of the molecule is O=C(/C=C/c1cccs1)c1ccccc1[N+](=O)[O-]. The first kappa shape index (κ1) is 12.2. The Labute approximate surface area is 107 Å². The Balaban J connectivity index is 2.27. The molecule has 0 N–H and O–H groups in total. The van der Waals surface area contributed by atoms with Gasteiger partial charge in [0, 0.05) is 10.9 Å². The van der Waals surface area contributed by atoms with Gasteiger partial charge < -0.3 is 0 Å². The molecule has 0 spiro atoms. The molecule has 0 aliphatic heterocycles. The highest BCUT2D eigenvalue weighted by atomic mass is 32.1. The average molecular weight is 259 g/mol. The predicted octanol–water partition coefficient (Wildman–Crippen LogP) is 3.55. The molecule has 18 heavy (non-hydrogen) atoms. The van der Waals surface area contributed by atoms with E-state index in [9.17, 15) is 14.9 Å². The molecule has 4 nitrogen and oxygen atoms in total. The summed E-state index contributed by atoms with van der Waals surface area (Å²) in [6, 6.07) is 9.68. The van der Waals surface area contributed by atoms with Crippen molar-refractivity contribution >= 4 is 28.9 Å². The summed E-state index contributed by atoms with van der Waals surface area (Å²) in [5.74, 6) is -0.365. The number of ketones is 1. The lowest BCUT2D eigenvalue weighted by molar-refractivity contribution is -0.385. The van der Waals surface area contributed by atoms with Crippen LogP contribution in [-0.2, 0) is 0 Å². The largest absolute Gasteiger partial charge is 0.289 e. The van der Waals surface area contributed by atoms with E-state index in [1.165, 1.54) is 35.6 Å². The molecule has 0 saturated carbocycles. The Morgan fingerprint density at radius 1 is 1.22 bits per heavy atom. The molecule has 0 unspecified atom stereocenters. The second-order valence-electron chi connectivity index (χ2n) is 3.49. The summed E-state index contributed by atoms with van der Waals surface area (Å²) in [5.41, 5.74) is -0.0614. The van der Waals surface area contributed by atoms with Gasteiger partial charge >= 0.3 is 0 Å². The maximum Gasteiger partial charge on any atom is 0.280 e. The van der Waals surface area contributed by atoms with E-state index in [4.69, 9.17) is 0 Å². The van der Waals surface area contributed by atoms with Crippen molar-refractivity contribution in [3.05, 3.63) is 68.4 Å². The molecule has 0 atom stereocenters. The molecule has 0 amide bonds. The predicted molar refractivity (Wildman–Crippen MR) is 70.8 cm³/mol. The van der Waals surface area contributed by atoms with Crippen molar-refractivity contribution in [2.75, 3.05) is 0 Å². The first-order chi connectivity index (χ1) is 8.68. The second-order valence-corrected chi connectivity index (χ2v) is 4.47. The molecular formula is C13H9NO3S. The fourth-order valence-corrected chi connectivity index (χ4v) is 2.09. The lowest BCUT2D eigenvalue weighted by atomic mass is 10.1. The van der Waals surface area contributed by atoms with Gasteiger partial charge in [0.15, 0.2) is 5.78 Å². The third-order valence-corrected chi connectivity index (χ3v) is 3.15. The van der Waals surface area contributed by atoms with Gasteiger partial charge in [-0.05, 0) is 29.7 Å². The Hall–Kier alpha value is -2.27. The number of rotatable bonds is 4. The summed E-state index contributed by atoms with van der Waals surface area (Å²) in [7, 11) is 0. The molecule has 0 saturated heterocycles. The van der Waals surface area contributed by atoms with Crippen LogP contribution in [0.2, 0.25) is 0 Å². The van der Waals surface area contributed by atoms with Crippen LogP contribution < -0.4 is 0 Å². The minimum Gasteiger partial charge on any atom is -0.289 e. The van der Waals surface area contributed by atoms with Gasteiger partial charge in [-0.25, -0.2) is 0 Å². The molecule has 0 aliphatic rings. The summed E-state index contributed by atoms with van der Waals surface area (Å²) in [4.78, 5) is 23.1. The van der Waals surface area contributed by atoms with Crippen LogP contribution in [0.5, 0.6) is 0 Å². The van der Waals surface area contributed by atoms with Gasteiger partial charge in [-0.1, -0.05) is 18.2 Å². The number of nitro benzene ring substituents is 1. The summed E-state index contributed by atoms with van der Waals surface area (Å²) >= 11 is 1.50. The number of para-hydroxylation sites is 1. The zero-order chi connectivity index (χ0) is 13.0. The quantitative estimate of drug-likeness (QED) is 0.365. The van der Waals surface area contributed by atoms with Crippen molar-refractivity contribution in [1.82, 2.24) is 0 Å². The third kappa shape index (κ3) is 2.70. The Kier molecular flexibility index (Phi) is 3.64. The van der Waals surface area contributed by atoms with Crippen molar-refractivity contribution in [2.45, 2.75) is 0 Å². The summed E-state index contributed by atoms with van der Waals surface area (Å²) < 4.78 is 0. The van der Waals surface area contributed by atoms with Crippen LogP contribution in [0.3, 0.4) is 0 Å². The fraction of sp³-hybridized carbons (Fsp3) is 0. The number of hydrogen-bond donors (Lipinski definition) is 0. The molecule has 1 aromatic heterocycles. The number of allylic oxidation sites excluding steroid dienone is 1. The molecule has 0 bridgehead atoms. The Morgan fingerprint density at radius 2 is 2.00 bits per heavy atom. The Bertz CT molecular complexity index is 602. The van der Waals surface area contributed by atoms with Gasteiger partial charge in [-0.2, -0.15) is 0 Å². The van der Waals surface area contributed by atoms with Gasteiger partial charge in [-0.15, -0.1) is 11.3 Å². The molecule has 0 fully saturated rings. The zero-order valence-corrected chi connectivity index (χ0v) is 10.1. The number of carbonyl (C=O) groups excluding carboxylic acids is 1. The molecule has 2 rings (SSSR count). The number of nitro groups is 1. The molecule has 0 aliphatic carbocycles. The van der Waals surface area contributed by atoms with Crippen LogP contribution in [0.1, 0.15) is 15.2 Å². The summed E-state index contributed by atoms with van der Waals surface area (Å²) in [6.45, 7) is 0. The Morgan fingerprint density at radius 3 is 2.67 bits per heavy atom. The normalized spacial score (nSPS) is 10.7. The van der Waals surface area contributed by atoms with E-state index >= 15 is 0 Å². The smallest absolute Gasteiger partial charge is 0.280 e. The fourth-order valence-electron chi connectivity index (χ4n) is 1.47. The van der Waals surface area contributed by atoms with Gasteiger partial charge in [-0.3, -0.25) is 14.9 Å². The molecule has 2 aromatic rings. The van der Waals surface area contributed by atoms with E-state index in [2.05, 4.69) is 0 Å². The highest BCUT2D eigenvalue weighted by Crippen LogP contribution is 2.19.